The first-order chi connectivity index (χ1) is 13.6. The molecule has 7 heteroatoms. The fraction of sp³-hybridized carbons (Fsp3) is 0.409. The molecule has 0 fully saturated rings. The smallest absolute Gasteiger partial charge is 0.241 e. The van der Waals surface area contributed by atoms with Crippen molar-refractivity contribution in [2.75, 3.05) is 5.32 Å². The number of hydrogen-bond donors (Lipinski definition) is 3. The first kappa shape index (κ1) is 23.1. The predicted octanol–water partition coefficient (Wildman–Crippen LogP) is 3.69. The van der Waals surface area contributed by atoms with Gasteiger partial charge in [-0.3, -0.25) is 10.1 Å². The first-order valence-corrected chi connectivity index (χ1v) is 11.3. The fourth-order valence-electron chi connectivity index (χ4n) is 3.03. The summed E-state index contributed by atoms with van der Waals surface area (Å²) in [5.74, 6) is 0.132. The normalized spacial score (nSPS) is 14.0. The standard InChI is InChI=1S/C22H31N3O3S/c1-15(2)21(18-9-7-6-8-10-18)23-17(5)22(26)24-19-11-13-20(14-12-19)29(27,28)25-16(3)4/h6-17,21,23,25H,1-5H3,(H,24,26)/t17-,21+/m1/s1. The lowest BCUT2D eigenvalue weighted by molar-refractivity contribution is -0.118. The van der Waals surface area contributed by atoms with Crippen molar-refractivity contribution in [2.45, 2.75) is 57.6 Å². The van der Waals surface area contributed by atoms with Gasteiger partial charge in [0.05, 0.1) is 10.9 Å². The highest BCUT2D eigenvalue weighted by atomic mass is 32.2. The van der Waals surface area contributed by atoms with Gasteiger partial charge in [0, 0.05) is 17.8 Å². The van der Waals surface area contributed by atoms with Crippen molar-refractivity contribution in [3.05, 3.63) is 60.2 Å². The van der Waals surface area contributed by atoms with Crippen LogP contribution in [0.25, 0.3) is 0 Å². The summed E-state index contributed by atoms with van der Waals surface area (Å²) >= 11 is 0. The Balaban J connectivity index is 2.03. The largest absolute Gasteiger partial charge is 0.325 e. The van der Waals surface area contributed by atoms with Crippen LogP contribution < -0.4 is 15.4 Å². The molecule has 158 valence electrons. The molecule has 3 N–H and O–H groups in total. The maximum Gasteiger partial charge on any atom is 0.241 e. The summed E-state index contributed by atoms with van der Waals surface area (Å²) in [4.78, 5) is 12.8. The SMILES string of the molecule is CC(C)NS(=O)(=O)c1ccc(NC(=O)[C@@H](C)N[C@H](c2ccccc2)C(C)C)cc1. The van der Waals surface area contributed by atoms with Crippen LogP contribution in [0, 0.1) is 5.92 Å². The minimum Gasteiger partial charge on any atom is -0.325 e. The molecule has 0 aliphatic carbocycles. The second kappa shape index (κ2) is 10.0. The van der Waals surface area contributed by atoms with Gasteiger partial charge in [-0.25, -0.2) is 13.1 Å². The van der Waals surface area contributed by atoms with E-state index < -0.39 is 16.1 Å². The Hall–Kier alpha value is -2.22. The number of anilines is 1. The molecule has 0 saturated heterocycles. The summed E-state index contributed by atoms with van der Waals surface area (Å²) in [5, 5.41) is 6.23. The van der Waals surface area contributed by atoms with E-state index in [9.17, 15) is 13.2 Å². The lowest BCUT2D eigenvalue weighted by atomic mass is 9.95. The molecule has 2 rings (SSSR count). The van der Waals surface area contributed by atoms with Crippen LogP contribution in [0.3, 0.4) is 0 Å². The van der Waals surface area contributed by atoms with Crippen LogP contribution in [0.4, 0.5) is 5.69 Å². The van der Waals surface area contributed by atoms with E-state index in [0.29, 0.717) is 11.6 Å². The molecule has 0 radical (unpaired) electrons. The Bertz CT molecular complexity index is 895. The molecule has 2 aromatic carbocycles. The van der Waals surface area contributed by atoms with Crippen LogP contribution >= 0.6 is 0 Å². The molecule has 0 spiro atoms. The van der Waals surface area contributed by atoms with E-state index in [4.69, 9.17) is 0 Å². The Morgan fingerprint density at radius 1 is 0.862 bits per heavy atom. The fourth-order valence-corrected chi connectivity index (χ4v) is 4.28. The number of carbonyl (C=O) groups is 1. The number of rotatable bonds is 9. The van der Waals surface area contributed by atoms with Gasteiger partial charge in [0.15, 0.2) is 0 Å². The molecule has 2 aromatic rings. The number of hydrogen-bond acceptors (Lipinski definition) is 4. The van der Waals surface area contributed by atoms with Gasteiger partial charge in [-0.1, -0.05) is 44.2 Å². The van der Waals surface area contributed by atoms with Crippen molar-refractivity contribution in [3.8, 4) is 0 Å². The minimum atomic E-state index is -3.55. The van der Waals surface area contributed by atoms with Gasteiger partial charge in [0.2, 0.25) is 15.9 Å². The molecule has 0 bridgehead atoms. The predicted molar refractivity (Wildman–Crippen MR) is 117 cm³/mol. The number of carbonyl (C=O) groups excluding carboxylic acids is 1. The third kappa shape index (κ3) is 6.66. The van der Waals surface area contributed by atoms with Gasteiger partial charge in [-0.05, 0) is 56.5 Å². The molecule has 0 saturated carbocycles. The van der Waals surface area contributed by atoms with Gasteiger partial charge in [0.25, 0.3) is 0 Å². The highest BCUT2D eigenvalue weighted by molar-refractivity contribution is 7.89. The summed E-state index contributed by atoms with van der Waals surface area (Å²) < 4.78 is 26.9. The zero-order chi connectivity index (χ0) is 21.6. The van der Waals surface area contributed by atoms with E-state index >= 15 is 0 Å². The highest BCUT2D eigenvalue weighted by Crippen LogP contribution is 2.22. The zero-order valence-corrected chi connectivity index (χ0v) is 18.5. The van der Waals surface area contributed by atoms with Gasteiger partial charge in [0.1, 0.15) is 0 Å². The van der Waals surface area contributed by atoms with Crippen LogP contribution in [-0.4, -0.2) is 26.4 Å². The van der Waals surface area contributed by atoms with Crippen LogP contribution in [0.1, 0.15) is 46.2 Å². The van der Waals surface area contributed by atoms with E-state index in [1.54, 1.807) is 26.0 Å². The number of benzene rings is 2. The molecule has 0 unspecified atom stereocenters. The van der Waals surface area contributed by atoms with Gasteiger partial charge >= 0.3 is 0 Å². The van der Waals surface area contributed by atoms with Crippen molar-refractivity contribution in [2.24, 2.45) is 5.92 Å². The van der Waals surface area contributed by atoms with Crippen molar-refractivity contribution >= 4 is 21.6 Å². The third-order valence-electron chi connectivity index (χ3n) is 4.47. The Labute approximate surface area is 174 Å². The van der Waals surface area contributed by atoms with Crippen molar-refractivity contribution in [1.29, 1.82) is 0 Å². The lowest BCUT2D eigenvalue weighted by Crippen LogP contribution is -2.41. The zero-order valence-electron chi connectivity index (χ0n) is 17.6. The van der Waals surface area contributed by atoms with Crippen molar-refractivity contribution < 1.29 is 13.2 Å². The first-order valence-electron chi connectivity index (χ1n) is 9.84. The molecular weight excluding hydrogens is 386 g/mol. The molecule has 1 amide bonds. The summed E-state index contributed by atoms with van der Waals surface area (Å²) in [6.45, 7) is 9.57. The Morgan fingerprint density at radius 3 is 1.97 bits per heavy atom. The summed E-state index contributed by atoms with van der Waals surface area (Å²) in [5.41, 5.74) is 1.68. The van der Waals surface area contributed by atoms with Crippen LogP contribution in [0.5, 0.6) is 0 Å². The average molecular weight is 418 g/mol. The second-order valence-corrected chi connectivity index (χ2v) is 9.52. The average Bonchev–Trinajstić information content (AvgIpc) is 2.65. The van der Waals surface area contributed by atoms with E-state index in [2.05, 4.69) is 29.2 Å². The highest BCUT2D eigenvalue weighted by Gasteiger charge is 2.22. The van der Waals surface area contributed by atoms with Gasteiger partial charge in [-0.2, -0.15) is 0 Å². The maximum atomic E-state index is 12.6. The molecule has 2 atom stereocenters. The van der Waals surface area contributed by atoms with Crippen molar-refractivity contribution in [3.63, 3.8) is 0 Å². The van der Waals surface area contributed by atoms with Gasteiger partial charge < -0.3 is 5.32 Å². The molecule has 0 aliphatic rings. The lowest BCUT2D eigenvalue weighted by Gasteiger charge is -2.26. The van der Waals surface area contributed by atoms with E-state index in [1.165, 1.54) is 12.1 Å². The monoisotopic (exact) mass is 417 g/mol. The summed E-state index contributed by atoms with van der Waals surface area (Å²) in [7, 11) is -3.55. The quantitative estimate of drug-likeness (QED) is 0.581. The van der Waals surface area contributed by atoms with Crippen LogP contribution in [0.15, 0.2) is 59.5 Å². The Morgan fingerprint density at radius 2 is 1.45 bits per heavy atom. The molecule has 0 aromatic heterocycles. The number of nitrogens with one attached hydrogen (secondary N) is 3. The maximum absolute atomic E-state index is 12.6. The van der Waals surface area contributed by atoms with Crippen LogP contribution in [0.2, 0.25) is 0 Å². The molecular formula is C22H31N3O3S. The number of amides is 1. The molecule has 0 heterocycles. The van der Waals surface area contributed by atoms with Crippen molar-refractivity contribution in [1.82, 2.24) is 10.0 Å². The topological polar surface area (TPSA) is 87.3 Å². The van der Waals surface area contributed by atoms with E-state index in [-0.39, 0.29) is 22.9 Å². The third-order valence-corrected chi connectivity index (χ3v) is 6.15. The van der Waals surface area contributed by atoms with Crippen LogP contribution in [-0.2, 0) is 14.8 Å². The van der Waals surface area contributed by atoms with Gasteiger partial charge in [-0.15, -0.1) is 0 Å². The summed E-state index contributed by atoms with van der Waals surface area (Å²) in [6.07, 6.45) is 0. The van der Waals surface area contributed by atoms with E-state index in [0.717, 1.165) is 5.56 Å². The molecule has 6 nitrogen and oxygen atoms in total. The molecule has 29 heavy (non-hydrogen) atoms. The molecule has 0 aliphatic heterocycles. The number of sulfonamides is 1. The minimum absolute atomic E-state index is 0.0478. The summed E-state index contributed by atoms with van der Waals surface area (Å²) in [6, 6.07) is 15.6. The van der Waals surface area contributed by atoms with E-state index in [1.807, 2.05) is 37.3 Å². The second-order valence-electron chi connectivity index (χ2n) is 7.81. The Kier molecular flexibility index (Phi) is 7.96.